The smallest absolute Gasteiger partial charge is 0.325 e. The Hall–Kier alpha value is -3.10. The summed E-state index contributed by atoms with van der Waals surface area (Å²) in [5.74, 6) is -2.55. The van der Waals surface area contributed by atoms with Gasteiger partial charge in [0.2, 0.25) is 0 Å². The molecule has 8 heteroatoms. The van der Waals surface area contributed by atoms with Crippen molar-refractivity contribution in [1.29, 1.82) is 0 Å². The average molecular weight is 374 g/mol. The van der Waals surface area contributed by atoms with Gasteiger partial charge in [0.15, 0.2) is 0 Å². The molecule has 0 aliphatic heterocycles. The molecule has 2 unspecified atom stereocenters. The molecule has 2 aromatic carbocycles. The van der Waals surface area contributed by atoms with Crippen LogP contribution in [-0.4, -0.2) is 57.4 Å². The van der Waals surface area contributed by atoms with Crippen LogP contribution in [0.15, 0.2) is 48.5 Å². The van der Waals surface area contributed by atoms with Crippen molar-refractivity contribution in [2.24, 2.45) is 0 Å². The number of phenolic OH excluding ortho intramolecular Hbond substituents is 2. The van der Waals surface area contributed by atoms with Gasteiger partial charge in [-0.1, -0.05) is 36.4 Å². The second-order valence-electron chi connectivity index (χ2n) is 6.06. The largest absolute Gasteiger partial charge is 0.508 e. The quantitative estimate of drug-likeness (QED) is 0.447. The zero-order valence-electron chi connectivity index (χ0n) is 14.7. The summed E-state index contributed by atoms with van der Waals surface area (Å²) in [6.45, 7) is 0.349. The van der Waals surface area contributed by atoms with Crippen molar-refractivity contribution in [1.82, 2.24) is 10.2 Å². The Balaban J connectivity index is 2.07. The van der Waals surface area contributed by atoms with E-state index in [0.29, 0.717) is 0 Å². The van der Waals surface area contributed by atoms with E-state index in [9.17, 15) is 30.0 Å². The number of nitrogens with one attached hydrogen (secondary N) is 1. The average Bonchev–Trinajstić information content (AvgIpc) is 2.61. The lowest BCUT2D eigenvalue weighted by Crippen LogP contribution is -2.38. The molecule has 2 aromatic rings. The Morgan fingerprint density at radius 1 is 0.926 bits per heavy atom. The first-order chi connectivity index (χ1) is 12.8. The standard InChI is InChI=1S/C19H22N2O6/c1-21(17(19(26)27)13-7-3-5-9-15(13)23)11-10-20-16(18(24)25)12-6-2-4-8-14(12)22/h2-9,16-17,20,22-23H,10-11H2,1H3,(H,24,25)(H,26,27). The zero-order chi connectivity index (χ0) is 20.0. The molecule has 0 amide bonds. The Morgan fingerprint density at radius 3 is 1.93 bits per heavy atom. The number of benzene rings is 2. The number of nitrogens with zero attached hydrogens (tertiary/aromatic N) is 1. The second-order valence-corrected chi connectivity index (χ2v) is 6.06. The number of para-hydroxylation sites is 2. The minimum atomic E-state index is -1.16. The minimum absolute atomic E-state index is 0.123. The molecule has 8 nitrogen and oxygen atoms in total. The van der Waals surface area contributed by atoms with Crippen molar-refractivity contribution in [3.05, 3.63) is 59.7 Å². The molecule has 0 fully saturated rings. The maximum absolute atomic E-state index is 11.7. The van der Waals surface area contributed by atoms with Crippen molar-refractivity contribution in [3.63, 3.8) is 0 Å². The third-order valence-electron chi connectivity index (χ3n) is 4.21. The van der Waals surface area contributed by atoms with Crippen LogP contribution in [0.25, 0.3) is 0 Å². The fourth-order valence-electron chi connectivity index (χ4n) is 2.85. The first-order valence-corrected chi connectivity index (χ1v) is 8.28. The van der Waals surface area contributed by atoms with Crippen molar-refractivity contribution < 1.29 is 30.0 Å². The van der Waals surface area contributed by atoms with Gasteiger partial charge in [-0.2, -0.15) is 0 Å². The lowest BCUT2D eigenvalue weighted by molar-refractivity contribution is -0.143. The fraction of sp³-hybridized carbons (Fsp3) is 0.263. The molecule has 0 saturated carbocycles. The van der Waals surface area contributed by atoms with Gasteiger partial charge in [-0.05, 0) is 19.2 Å². The highest BCUT2D eigenvalue weighted by atomic mass is 16.4. The normalized spacial score (nSPS) is 13.3. The van der Waals surface area contributed by atoms with Gasteiger partial charge in [0.25, 0.3) is 0 Å². The molecule has 144 valence electrons. The number of carboxylic acid groups (broad SMARTS) is 2. The number of hydrogen-bond acceptors (Lipinski definition) is 6. The summed E-state index contributed by atoms with van der Waals surface area (Å²) in [4.78, 5) is 24.7. The number of rotatable bonds is 9. The molecular formula is C19H22N2O6. The van der Waals surface area contributed by atoms with Crippen LogP contribution in [0.3, 0.4) is 0 Å². The van der Waals surface area contributed by atoms with E-state index in [2.05, 4.69) is 5.32 Å². The zero-order valence-corrected chi connectivity index (χ0v) is 14.7. The highest BCUT2D eigenvalue weighted by Crippen LogP contribution is 2.28. The molecule has 0 heterocycles. The molecular weight excluding hydrogens is 352 g/mol. The molecule has 0 bridgehead atoms. The van der Waals surface area contributed by atoms with E-state index < -0.39 is 24.0 Å². The van der Waals surface area contributed by atoms with Crippen molar-refractivity contribution in [2.45, 2.75) is 12.1 Å². The first kappa shape index (κ1) is 20.2. The van der Waals surface area contributed by atoms with E-state index in [0.717, 1.165) is 0 Å². The van der Waals surface area contributed by atoms with E-state index in [4.69, 9.17) is 0 Å². The molecule has 0 aliphatic carbocycles. The van der Waals surface area contributed by atoms with Gasteiger partial charge in [-0.25, -0.2) is 0 Å². The Bertz CT molecular complexity index is 810. The SMILES string of the molecule is CN(CCNC(C(=O)O)c1ccccc1O)C(C(=O)O)c1ccccc1O. The maximum Gasteiger partial charge on any atom is 0.325 e. The van der Waals surface area contributed by atoms with E-state index in [1.165, 1.54) is 29.2 Å². The summed E-state index contributed by atoms with van der Waals surface area (Å²) >= 11 is 0. The van der Waals surface area contributed by atoms with Crippen LogP contribution in [0.1, 0.15) is 23.2 Å². The number of likely N-dealkylation sites (N-methyl/N-ethyl adjacent to an activating group) is 1. The summed E-state index contributed by atoms with van der Waals surface area (Å²) < 4.78 is 0. The van der Waals surface area contributed by atoms with E-state index >= 15 is 0 Å². The minimum Gasteiger partial charge on any atom is -0.508 e. The monoisotopic (exact) mass is 374 g/mol. The second kappa shape index (κ2) is 9.02. The third-order valence-corrected chi connectivity index (χ3v) is 4.21. The molecule has 0 radical (unpaired) electrons. The van der Waals surface area contributed by atoms with Crippen LogP contribution in [-0.2, 0) is 9.59 Å². The topological polar surface area (TPSA) is 130 Å². The predicted molar refractivity (Wildman–Crippen MR) is 97.6 cm³/mol. The number of hydrogen-bond donors (Lipinski definition) is 5. The van der Waals surface area contributed by atoms with Gasteiger partial charge in [-0.15, -0.1) is 0 Å². The molecule has 0 aliphatic rings. The van der Waals surface area contributed by atoms with Crippen LogP contribution in [0.4, 0.5) is 0 Å². The lowest BCUT2D eigenvalue weighted by Gasteiger charge is -2.26. The summed E-state index contributed by atoms with van der Waals surface area (Å²) in [5, 5.41) is 41.5. The van der Waals surface area contributed by atoms with Crippen molar-refractivity contribution in [2.75, 3.05) is 20.1 Å². The Morgan fingerprint density at radius 2 is 1.44 bits per heavy atom. The summed E-state index contributed by atoms with van der Waals surface area (Å²) in [5.41, 5.74) is 0.478. The van der Waals surface area contributed by atoms with Gasteiger partial charge in [-0.3, -0.25) is 19.8 Å². The Labute approximate surface area is 156 Å². The molecule has 2 rings (SSSR count). The van der Waals surface area contributed by atoms with E-state index in [1.807, 2.05) is 0 Å². The molecule has 2 atom stereocenters. The van der Waals surface area contributed by atoms with Crippen molar-refractivity contribution in [3.8, 4) is 11.5 Å². The summed E-state index contributed by atoms with van der Waals surface area (Å²) in [6, 6.07) is 10.1. The molecule has 27 heavy (non-hydrogen) atoms. The van der Waals surface area contributed by atoms with E-state index in [1.54, 1.807) is 31.3 Å². The highest BCUT2D eigenvalue weighted by molar-refractivity contribution is 5.77. The number of aromatic hydroxyl groups is 2. The number of phenols is 2. The Kier molecular flexibility index (Phi) is 6.75. The predicted octanol–water partition coefficient (Wildman–Crippen LogP) is 1.57. The van der Waals surface area contributed by atoms with Crippen molar-refractivity contribution >= 4 is 11.9 Å². The van der Waals surface area contributed by atoms with Gasteiger partial charge in [0.1, 0.15) is 23.6 Å². The molecule has 0 spiro atoms. The van der Waals surface area contributed by atoms with Crippen LogP contribution >= 0.6 is 0 Å². The maximum atomic E-state index is 11.7. The molecule has 0 aromatic heterocycles. The van der Waals surface area contributed by atoms with Gasteiger partial charge in [0.05, 0.1) is 0 Å². The highest BCUT2D eigenvalue weighted by Gasteiger charge is 2.28. The molecule has 0 saturated heterocycles. The third kappa shape index (κ3) is 4.96. The fourth-order valence-corrected chi connectivity index (χ4v) is 2.85. The van der Waals surface area contributed by atoms with E-state index in [-0.39, 0.29) is 35.7 Å². The van der Waals surface area contributed by atoms with Crippen LogP contribution in [0.2, 0.25) is 0 Å². The summed E-state index contributed by atoms with van der Waals surface area (Å²) in [7, 11) is 1.57. The summed E-state index contributed by atoms with van der Waals surface area (Å²) in [6.07, 6.45) is 0. The van der Waals surface area contributed by atoms with Gasteiger partial charge < -0.3 is 20.4 Å². The van der Waals surface area contributed by atoms with Gasteiger partial charge >= 0.3 is 11.9 Å². The van der Waals surface area contributed by atoms with Crippen LogP contribution in [0, 0.1) is 0 Å². The van der Waals surface area contributed by atoms with Crippen LogP contribution in [0.5, 0.6) is 11.5 Å². The van der Waals surface area contributed by atoms with Gasteiger partial charge in [0, 0.05) is 24.2 Å². The number of carbonyl (C=O) groups is 2. The first-order valence-electron chi connectivity index (χ1n) is 8.28. The molecule has 5 N–H and O–H groups in total. The van der Waals surface area contributed by atoms with Crippen LogP contribution < -0.4 is 5.32 Å². The number of aliphatic carboxylic acids is 2. The number of carboxylic acids is 2. The lowest BCUT2D eigenvalue weighted by atomic mass is 10.0.